The molecule has 0 saturated carbocycles. The molecule has 1 aliphatic rings. The summed E-state index contributed by atoms with van der Waals surface area (Å²) in [5, 5.41) is 15.1. The summed E-state index contributed by atoms with van der Waals surface area (Å²) in [7, 11) is 1.57. The maximum atomic E-state index is 12.5. The second kappa shape index (κ2) is 4.99. The molecule has 104 valence electrons. The van der Waals surface area contributed by atoms with Crippen molar-refractivity contribution >= 4 is 11.6 Å². The molecule has 0 radical (unpaired) electrons. The van der Waals surface area contributed by atoms with E-state index in [0.717, 1.165) is 19.3 Å². The Kier molecular flexibility index (Phi) is 3.55. The lowest BCUT2D eigenvalue weighted by Gasteiger charge is -2.33. The fraction of sp³-hybridized carbons (Fsp3) is 0.667. The zero-order valence-electron chi connectivity index (χ0n) is 11.4. The highest BCUT2D eigenvalue weighted by molar-refractivity contribution is 5.97. The van der Waals surface area contributed by atoms with E-state index in [4.69, 9.17) is 0 Å². The van der Waals surface area contributed by atoms with Gasteiger partial charge in [0.25, 0.3) is 5.91 Å². The zero-order valence-corrected chi connectivity index (χ0v) is 11.4. The fourth-order valence-corrected chi connectivity index (χ4v) is 2.64. The Hall–Kier alpha value is -1.92. The Morgan fingerprint density at radius 3 is 2.74 bits per heavy atom. The first-order valence-corrected chi connectivity index (χ1v) is 6.42. The van der Waals surface area contributed by atoms with E-state index in [1.165, 1.54) is 4.68 Å². The Bertz CT molecular complexity index is 523. The molecule has 1 fully saturated rings. The third-order valence-electron chi connectivity index (χ3n) is 3.64. The van der Waals surface area contributed by atoms with Crippen LogP contribution in [0.2, 0.25) is 0 Å². The minimum atomic E-state index is -0.524. The molecule has 1 aliphatic heterocycles. The summed E-state index contributed by atoms with van der Waals surface area (Å²) in [6.07, 6.45) is 2.98. The number of aromatic nitrogens is 2. The minimum absolute atomic E-state index is 0.0799. The van der Waals surface area contributed by atoms with Crippen LogP contribution >= 0.6 is 0 Å². The molecule has 0 bridgehead atoms. The molecule has 7 nitrogen and oxygen atoms in total. The van der Waals surface area contributed by atoms with Gasteiger partial charge in [0, 0.05) is 19.6 Å². The predicted molar refractivity (Wildman–Crippen MR) is 68.9 cm³/mol. The van der Waals surface area contributed by atoms with Crippen LogP contribution in [0.15, 0.2) is 0 Å². The SMILES string of the molecule is Cc1nn(C)c(C(=O)N2CCCCC2C)c1[N+](=O)[O-]. The number of hydrogen-bond donors (Lipinski definition) is 0. The van der Waals surface area contributed by atoms with Gasteiger partial charge in [-0.15, -0.1) is 0 Å². The molecule has 1 aromatic heterocycles. The number of rotatable bonds is 2. The largest absolute Gasteiger partial charge is 0.334 e. The quantitative estimate of drug-likeness (QED) is 0.602. The molecule has 0 aromatic carbocycles. The average molecular weight is 266 g/mol. The van der Waals surface area contributed by atoms with E-state index in [-0.39, 0.29) is 29.0 Å². The predicted octanol–water partition coefficient (Wildman–Crippen LogP) is 1.65. The van der Waals surface area contributed by atoms with Crippen molar-refractivity contribution < 1.29 is 9.72 Å². The van der Waals surface area contributed by atoms with Gasteiger partial charge in [-0.2, -0.15) is 5.10 Å². The molecule has 0 spiro atoms. The molecular weight excluding hydrogens is 248 g/mol. The molecule has 1 unspecified atom stereocenters. The van der Waals surface area contributed by atoms with Crippen molar-refractivity contribution in [1.29, 1.82) is 0 Å². The maximum absolute atomic E-state index is 12.5. The summed E-state index contributed by atoms with van der Waals surface area (Å²) < 4.78 is 1.32. The number of likely N-dealkylation sites (tertiary alicyclic amines) is 1. The molecule has 2 rings (SSSR count). The highest BCUT2D eigenvalue weighted by Gasteiger charge is 2.34. The number of carbonyl (C=O) groups is 1. The molecule has 1 aromatic rings. The van der Waals surface area contributed by atoms with E-state index in [0.29, 0.717) is 6.54 Å². The highest BCUT2D eigenvalue weighted by atomic mass is 16.6. The van der Waals surface area contributed by atoms with Gasteiger partial charge in [0.2, 0.25) is 5.69 Å². The lowest BCUT2D eigenvalue weighted by atomic mass is 10.0. The average Bonchev–Trinajstić information content (AvgIpc) is 2.64. The molecule has 0 N–H and O–H groups in total. The second-order valence-electron chi connectivity index (χ2n) is 5.01. The lowest BCUT2D eigenvalue weighted by Crippen LogP contribution is -2.42. The fourth-order valence-electron chi connectivity index (χ4n) is 2.64. The van der Waals surface area contributed by atoms with Gasteiger partial charge >= 0.3 is 5.69 Å². The number of piperidine rings is 1. The topological polar surface area (TPSA) is 81.3 Å². The zero-order chi connectivity index (χ0) is 14.2. The Morgan fingerprint density at radius 2 is 2.16 bits per heavy atom. The van der Waals surface area contributed by atoms with Crippen molar-refractivity contribution in [2.24, 2.45) is 7.05 Å². The summed E-state index contributed by atoms with van der Waals surface area (Å²) >= 11 is 0. The first-order chi connectivity index (χ1) is 8.93. The van der Waals surface area contributed by atoms with Gasteiger partial charge in [0.15, 0.2) is 0 Å². The van der Waals surface area contributed by atoms with E-state index < -0.39 is 4.92 Å². The Balaban J connectivity index is 2.41. The number of aryl methyl sites for hydroxylation is 2. The minimum Gasteiger partial charge on any atom is -0.334 e. The summed E-state index contributed by atoms with van der Waals surface area (Å²) in [6, 6.07) is 0.121. The normalized spacial score (nSPS) is 19.5. The summed E-state index contributed by atoms with van der Waals surface area (Å²) in [5.74, 6) is -0.290. The smallest absolute Gasteiger partial charge is 0.322 e. The molecule has 1 amide bonds. The van der Waals surface area contributed by atoms with Gasteiger partial charge in [-0.25, -0.2) is 0 Å². The van der Waals surface area contributed by atoms with Crippen molar-refractivity contribution in [3.05, 3.63) is 21.5 Å². The van der Waals surface area contributed by atoms with Crippen LogP contribution in [0.25, 0.3) is 0 Å². The van der Waals surface area contributed by atoms with Gasteiger partial charge < -0.3 is 4.90 Å². The van der Waals surface area contributed by atoms with Crippen molar-refractivity contribution in [1.82, 2.24) is 14.7 Å². The third kappa shape index (κ3) is 2.32. The van der Waals surface area contributed by atoms with Crippen molar-refractivity contribution in [3.63, 3.8) is 0 Å². The van der Waals surface area contributed by atoms with Gasteiger partial charge in [-0.3, -0.25) is 19.6 Å². The van der Waals surface area contributed by atoms with E-state index in [9.17, 15) is 14.9 Å². The van der Waals surface area contributed by atoms with Crippen LogP contribution in [0.5, 0.6) is 0 Å². The van der Waals surface area contributed by atoms with Gasteiger partial charge in [0.1, 0.15) is 5.69 Å². The van der Waals surface area contributed by atoms with Crippen LogP contribution in [0.3, 0.4) is 0 Å². The molecule has 19 heavy (non-hydrogen) atoms. The molecule has 7 heteroatoms. The number of carbonyl (C=O) groups excluding carboxylic acids is 1. The standard InChI is InChI=1S/C12H18N4O3/c1-8-6-4-5-7-15(8)12(17)11-10(16(18)19)9(2)13-14(11)3/h8H,4-7H2,1-3H3. The van der Waals surface area contributed by atoms with Gasteiger partial charge in [0.05, 0.1) is 4.92 Å². The summed E-state index contributed by atoms with van der Waals surface area (Å²) in [6.45, 7) is 4.18. The maximum Gasteiger partial charge on any atom is 0.322 e. The highest BCUT2D eigenvalue weighted by Crippen LogP contribution is 2.26. The van der Waals surface area contributed by atoms with Gasteiger partial charge in [-0.1, -0.05) is 0 Å². The van der Waals surface area contributed by atoms with Crippen molar-refractivity contribution in [2.45, 2.75) is 39.2 Å². The van der Waals surface area contributed by atoms with Crippen LogP contribution in [-0.4, -0.2) is 38.1 Å². The lowest BCUT2D eigenvalue weighted by molar-refractivity contribution is -0.385. The van der Waals surface area contributed by atoms with Crippen LogP contribution in [0, 0.1) is 17.0 Å². The summed E-state index contributed by atoms with van der Waals surface area (Å²) in [4.78, 5) is 24.8. The van der Waals surface area contributed by atoms with Gasteiger partial charge in [-0.05, 0) is 33.1 Å². The second-order valence-corrected chi connectivity index (χ2v) is 5.01. The third-order valence-corrected chi connectivity index (χ3v) is 3.64. The van der Waals surface area contributed by atoms with Crippen molar-refractivity contribution in [2.75, 3.05) is 6.54 Å². The first kappa shape index (κ1) is 13.5. The van der Waals surface area contributed by atoms with Crippen LogP contribution in [0.4, 0.5) is 5.69 Å². The van der Waals surface area contributed by atoms with Crippen LogP contribution < -0.4 is 0 Å². The molecule has 2 heterocycles. The van der Waals surface area contributed by atoms with E-state index in [2.05, 4.69) is 5.10 Å². The van der Waals surface area contributed by atoms with E-state index in [1.807, 2.05) is 6.92 Å². The molecule has 1 atom stereocenters. The molecular formula is C12H18N4O3. The Labute approximate surface area is 111 Å². The monoisotopic (exact) mass is 266 g/mol. The first-order valence-electron chi connectivity index (χ1n) is 6.42. The number of nitrogens with zero attached hydrogens (tertiary/aromatic N) is 4. The van der Waals surface area contributed by atoms with Crippen molar-refractivity contribution in [3.8, 4) is 0 Å². The van der Waals surface area contributed by atoms with E-state index in [1.54, 1.807) is 18.9 Å². The number of nitro groups is 1. The van der Waals surface area contributed by atoms with Crippen LogP contribution in [-0.2, 0) is 7.05 Å². The van der Waals surface area contributed by atoms with E-state index >= 15 is 0 Å². The molecule has 0 aliphatic carbocycles. The van der Waals surface area contributed by atoms with Crippen LogP contribution in [0.1, 0.15) is 42.4 Å². The summed E-state index contributed by atoms with van der Waals surface area (Å²) in [5.41, 5.74) is 0.182. The number of amides is 1. The number of hydrogen-bond acceptors (Lipinski definition) is 4. The molecule has 1 saturated heterocycles. The Morgan fingerprint density at radius 1 is 1.47 bits per heavy atom.